The van der Waals surface area contributed by atoms with Crippen molar-refractivity contribution in [3.8, 4) is 50.6 Å². The summed E-state index contributed by atoms with van der Waals surface area (Å²) >= 11 is 0. The molecule has 4 heteroatoms. The maximum absolute atomic E-state index is 5.54. The number of fused-ring (bicyclic) bond motifs is 10. The Morgan fingerprint density at radius 1 is 0.322 bits per heavy atom. The van der Waals surface area contributed by atoms with Crippen molar-refractivity contribution in [3.63, 3.8) is 0 Å². The largest absolute Gasteiger partial charge is 0.309 e. The van der Waals surface area contributed by atoms with E-state index in [4.69, 9.17) is 15.0 Å². The maximum Gasteiger partial charge on any atom is 0.0972 e. The van der Waals surface area contributed by atoms with E-state index < -0.39 is 0 Å². The van der Waals surface area contributed by atoms with Gasteiger partial charge in [-0.25, -0.2) is 15.0 Å². The van der Waals surface area contributed by atoms with Crippen LogP contribution in [-0.2, 0) is 0 Å². The summed E-state index contributed by atoms with van der Waals surface area (Å²) in [5.74, 6) is 0. The van der Waals surface area contributed by atoms with Crippen molar-refractivity contribution < 1.29 is 0 Å². The third-order valence-electron chi connectivity index (χ3n) is 11.7. The third-order valence-corrected chi connectivity index (χ3v) is 11.7. The Balaban J connectivity index is 1.02. The van der Waals surface area contributed by atoms with Crippen molar-refractivity contribution in [1.29, 1.82) is 0 Å². The number of para-hydroxylation sites is 2. The van der Waals surface area contributed by atoms with Gasteiger partial charge in [0.1, 0.15) is 0 Å². The van der Waals surface area contributed by atoms with E-state index in [0.29, 0.717) is 0 Å². The van der Waals surface area contributed by atoms with Gasteiger partial charge in [-0.3, -0.25) is 0 Å². The average molecular weight is 751 g/mol. The van der Waals surface area contributed by atoms with Crippen LogP contribution in [-0.4, -0.2) is 19.5 Å². The number of hydrogen-bond donors (Lipinski definition) is 0. The molecule has 0 saturated heterocycles. The van der Waals surface area contributed by atoms with Crippen LogP contribution in [0.3, 0.4) is 0 Å². The molecule has 0 amide bonds. The van der Waals surface area contributed by atoms with Gasteiger partial charge < -0.3 is 4.57 Å². The van der Waals surface area contributed by atoms with Crippen molar-refractivity contribution in [2.45, 2.75) is 0 Å². The molecule has 12 aromatic rings. The van der Waals surface area contributed by atoms with Crippen LogP contribution in [0.1, 0.15) is 0 Å². The van der Waals surface area contributed by atoms with Gasteiger partial charge >= 0.3 is 0 Å². The highest BCUT2D eigenvalue weighted by Gasteiger charge is 2.20. The normalized spacial score (nSPS) is 11.7. The summed E-state index contributed by atoms with van der Waals surface area (Å²) < 4.78 is 2.38. The molecule has 4 nitrogen and oxygen atoms in total. The lowest BCUT2D eigenvalue weighted by atomic mass is 9.94. The molecule has 0 spiro atoms. The molecule has 8 aromatic carbocycles. The van der Waals surface area contributed by atoms with Crippen molar-refractivity contribution in [2.75, 3.05) is 0 Å². The molecule has 59 heavy (non-hydrogen) atoms. The number of hydrogen-bond acceptors (Lipinski definition) is 3. The third kappa shape index (κ3) is 5.42. The van der Waals surface area contributed by atoms with E-state index in [-0.39, 0.29) is 0 Å². The molecular formula is C55H34N4. The van der Waals surface area contributed by atoms with E-state index in [2.05, 4.69) is 193 Å². The molecule has 0 radical (unpaired) electrons. The highest BCUT2D eigenvalue weighted by molar-refractivity contribution is 6.28. The number of aromatic nitrogens is 4. The van der Waals surface area contributed by atoms with E-state index in [1.54, 1.807) is 0 Å². The van der Waals surface area contributed by atoms with E-state index in [9.17, 15) is 0 Å². The predicted octanol–water partition coefficient (Wildman–Crippen LogP) is 14.2. The fraction of sp³-hybridized carbons (Fsp3) is 0. The van der Waals surface area contributed by atoms with Gasteiger partial charge in [-0.05, 0) is 65.0 Å². The summed E-state index contributed by atoms with van der Waals surface area (Å²) in [5, 5.41) is 8.06. The summed E-state index contributed by atoms with van der Waals surface area (Å²) in [4.78, 5) is 15.9. The molecule has 274 valence electrons. The predicted molar refractivity (Wildman–Crippen MR) is 246 cm³/mol. The van der Waals surface area contributed by atoms with Gasteiger partial charge in [0.15, 0.2) is 0 Å². The highest BCUT2D eigenvalue weighted by atomic mass is 15.0. The van der Waals surface area contributed by atoms with Crippen LogP contribution in [0, 0.1) is 0 Å². The Morgan fingerprint density at radius 3 is 1.64 bits per heavy atom. The van der Waals surface area contributed by atoms with E-state index >= 15 is 0 Å². The zero-order valence-corrected chi connectivity index (χ0v) is 31.9. The van der Waals surface area contributed by atoms with Crippen LogP contribution in [0.15, 0.2) is 206 Å². The first-order valence-electron chi connectivity index (χ1n) is 20.0. The fourth-order valence-corrected chi connectivity index (χ4v) is 8.96. The first-order chi connectivity index (χ1) is 29.2. The standard InChI is InChI=1S/C55H34N4/c1-4-13-35(14-5-1)46-30-26-37-23-24-38-27-31-47(57-55(38)54(37)56-46)41-18-12-17-39(33-41)40-25-28-43-44-29-32-50-51(52(44)53(58-48(43)34-40)36-15-6-2-7-16-36)45-21-10-11-22-49(45)59(50)42-19-8-3-9-20-42/h1-34H. The summed E-state index contributed by atoms with van der Waals surface area (Å²) in [7, 11) is 0. The second-order valence-corrected chi connectivity index (χ2v) is 15.2. The number of pyridine rings is 3. The van der Waals surface area contributed by atoms with E-state index in [1.807, 2.05) is 18.2 Å². The Morgan fingerprint density at radius 2 is 0.898 bits per heavy atom. The van der Waals surface area contributed by atoms with Crippen molar-refractivity contribution in [1.82, 2.24) is 19.5 Å². The zero-order chi connectivity index (χ0) is 38.9. The van der Waals surface area contributed by atoms with Crippen LogP contribution in [0.4, 0.5) is 0 Å². The zero-order valence-electron chi connectivity index (χ0n) is 31.9. The molecule has 4 aromatic heterocycles. The Labute approximate surface area is 340 Å². The molecule has 0 N–H and O–H groups in total. The summed E-state index contributed by atoms with van der Waals surface area (Å²) in [6.45, 7) is 0. The highest BCUT2D eigenvalue weighted by Crippen LogP contribution is 2.43. The van der Waals surface area contributed by atoms with E-state index in [1.165, 1.54) is 32.6 Å². The maximum atomic E-state index is 5.54. The smallest absolute Gasteiger partial charge is 0.0972 e. The molecule has 4 heterocycles. The first-order valence-corrected chi connectivity index (χ1v) is 20.0. The number of rotatable bonds is 5. The Kier molecular flexibility index (Phi) is 7.50. The van der Waals surface area contributed by atoms with Crippen LogP contribution in [0.5, 0.6) is 0 Å². The minimum atomic E-state index is 0.902. The van der Waals surface area contributed by atoms with Gasteiger partial charge in [-0.1, -0.05) is 158 Å². The lowest BCUT2D eigenvalue weighted by molar-refractivity contribution is 1.18. The van der Waals surface area contributed by atoms with Gasteiger partial charge in [-0.2, -0.15) is 0 Å². The lowest BCUT2D eigenvalue weighted by Crippen LogP contribution is -1.94. The van der Waals surface area contributed by atoms with Gasteiger partial charge in [0.2, 0.25) is 0 Å². The molecule has 0 aliphatic heterocycles. The topological polar surface area (TPSA) is 43.6 Å². The van der Waals surface area contributed by atoms with Crippen molar-refractivity contribution in [3.05, 3.63) is 206 Å². The molecule has 0 aliphatic carbocycles. The average Bonchev–Trinajstić information content (AvgIpc) is 3.66. The van der Waals surface area contributed by atoms with Crippen LogP contribution >= 0.6 is 0 Å². The Hall–Kier alpha value is -7.95. The molecular weight excluding hydrogens is 717 g/mol. The molecule has 12 rings (SSSR count). The fourth-order valence-electron chi connectivity index (χ4n) is 8.96. The van der Waals surface area contributed by atoms with Gasteiger partial charge in [0.25, 0.3) is 0 Å². The molecule has 0 bridgehead atoms. The molecule has 0 aliphatic rings. The lowest BCUT2D eigenvalue weighted by Gasteiger charge is -2.14. The van der Waals surface area contributed by atoms with Crippen LogP contribution < -0.4 is 0 Å². The number of nitrogens with zero attached hydrogens (tertiary/aromatic N) is 4. The second-order valence-electron chi connectivity index (χ2n) is 15.2. The first kappa shape index (κ1) is 33.2. The molecule has 0 unspecified atom stereocenters. The molecule has 0 fully saturated rings. The van der Waals surface area contributed by atoms with Crippen molar-refractivity contribution in [2.24, 2.45) is 0 Å². The van der Waals surface area contributed by atoms with Gasteiger partial charge in [0, 0.05) is 54.7 Å². The second kappa shape index (κ2) is 13.3. The Bertz CT molecular complexity index is 3590. The van der Waals surface area contributed by atoms with Gasteiger partial charge in [0.05, 0.1) is 44.7 Å². The van der Waals surface area contributed by atoms with Crippen LogP contribution in [0.2, 0.25) is 0 Å². The SMILES string of the molecule is c1ccc(-c2ccc3ccc4ccc(-c5cccc(-c6ccc7c(c6)nc(-c6ccccc6)c6c7ccc7c6c6ccccc6n7-c6ccccc6)c5)nc4c3n2)cc1. The minimum absolute atomic E-state index is 0.902. The minimum Gasteiger partial charge on any atom is -0.309 e. The summed E-state index contributed by atoms with van der Waals surface area (Å²) in [5.41, 5.74) is 14.5. The van der Waals surface area contributed by atoms with Crippen LogP contribution in [0.25, 0.3) is 116 Å². The van der Waals surface area contributed by atoms with E-state index in [0.717, 1.165) is 83.3 Å². The quantitative estimate of drug-likeness (QED) is 0.165. The van der Waals surface area contributed by atoms with Crippen molar-refractivity contribution >= 4 is 65.3 Å². The monoisotopic (exact) mass is 750 g/mol. The number of benzene rings is 8. The summed E-state index contributed by atoms with van der Waals surface area (Å²) in [6.07, 6.45) is 0. The molecule has 0 saturated carbocycles. The van der Waals surface area contributed by atoms with Gasteiger partial charge in [-0.15, -0.1) is 0 Å². The molecule has 0 atom stereocenters. The summed E-state index contributed by atoms with van der Waals surface area (Å²) in [6, 6.07) is 73.1.